The number of carbonyl (C=O) groups is 2. The van der Waals surface area contributed by atoms with E-state index in [1.54, 1.807) is 69.3 Å². The van der Waals surface area contributed by atoms with Crippen molar-refractivity contribution in [2.24, 2.45) is 0 Å². The minimum atomic E-state index is -3.19. The average molecular weight is 533 g/mol. The van der Waals surface area contributed by atoms with Crippen molar-refractivity contribution in [2.45, 2.75) is 51.3 Å². The predicted molar refractivity (Wildman–Crippen MR) is 135 cm³/mol. The maximum absolute atomic E-state index is 13.8. The zero-order valence-corrected chi connectivity index (χ0v) is 21.6. The number of halogens is 3. The highest BCUT2D eigenvalue weighted by atomic mass is 35.5. The number of ether oxygens (including phenoxy) is 1. The normalized spacial score (nSPS) is 17.9. The van der Waals surface area contributed by atoms with E-state index in [4.69, 9.17) is 21.3 Å². The zero-order valence-electron chi connectivity index (χ0n) is 20.8. The van der Waals surface area contributed by atoms with Crippen molar-refractivity contribution in [2.75, 3.05) is 13.6 Å². The largest absolute Gasteiger partial charge is 0.444 e. The van der Waals surface area contributed by atoms with Gasteiger partial charge in [0.25, 0.3) is 11.5 Å². The number of hydrogen-bond donors (Lipinski definition) is 0. The summed E-state index contributed by atoms with van der Waals surface area (Å²) in [7, 11) is 1.27. The van der Waals surface area contributed by atoms with Crippen LogP contribution in [-0.4, -0.2) is 63.0 Å². The van der Waals surface area contributed by atoms with Crippen LogP contribution in [0.5, 0.6) is 0 Å². The first-order chi connectivity index (χ1) is 17.4. The maximum Gasteiger partial charge on any atom is 0.410 e. The molecular weight excluding hydrogens is 506 g/mol. The third-order valence-electron chi connectivity index (χ3n) is 6.17. The average Bonchev–Trinajstić information content (AvgIpc) is 3.28. The standard InChI is InChI=1S/C26H27ClF2N4O4/c1-26(2,3)37-25(36)32-14-16(31(4)24(35)21(28)29)13-19(32)22-30-18-12-8-11-17(27)20(18)23(34)33(22)15-9-6-5-7-10-15/h5-12,16,19,21H,13-14H2,1-4H3/t16-,19+/m1/s1. The number of alkyl halides is 2. The van der Waals surface area contributed by atoms with Crippen molar-refractivity contribution in [3.05, 3.63) is 69.7 Å². The van der Waals surface area contributed by atoms with E-state index in [0.717, 1.165) is 4.90 Å². The van der Waals surface area contributed by atoms with Crippen LogP contribution in [0, 0.1) is 0 Å². The van der Waals surface area contributed by atoms with E-state index in [1.165, 1.54) is 16.5 Å². The Morgan fingerprint density at radius 2 is 1.81 bits per heavy atom. The van der Waals surface area contributed by atoms with Crippen LogP contribution in [0.1, 0.15) is 39.1 Å². The van der Waals surface area contributed by atoms with Gasteiger partial charge in [0.15, 0.2) is 0 Å². The number of likely N-dealkylation sites (tertiary alicyclic amines) is 1. The number of nitrogens with zero attached hydrogens (tertiary/aromatic N) is 4. The molecule has 11 heteroatoms. The molecule has 0 bridgehead atoms. The molecule has 1 aliphatic rings. The van der Waals surface area contributed by atoms with Crippen molar-refractivity contribution in [3.8, 4) is 5.69 Å². The summed E-state index contributed by atoms with van der Waals surface area (Å²) in [5, 5.41) is 0.432. The molecule has 2 amide bonds. The number of carbonyl (C=O) groups excluding carboxylic acids is 2. The van der Waals surface area contributed by atoms with E-state index < -0.39 is 41.7 Å². The predicted octanol–water partition coefficient (Wildman–Crippen LogP) is 4.81. The highest BCUT2D eigenvalue weighted by Gasteiger charge is 2.44. The van der Waals surface area contributed by atoms with Crippen LogP contribution in [0.3, 0.4) is 0 Å². The van der Waals surface area contributed by atoms with Crippen LogP contribution in [0.25, 0.3) is 16.6 Å². The zero-order chi connectivity index (χ0) is 27.1. The van der Waals surface area contributed by atoms with Gasteiger partial charge in [0, 0.05) is 13.6 Å². The van der Waals surface area contributed by atoms with Crippen LogP contribution in [-0.2, 0) is 9.53 Å². The lowest BCUT2D eigenvalue weighted by Crippen LogP contribution is -2.43. The third-order valence-corrected chi connectivity index (χ3v) is 6.49. The summed E-state index contributed by atoms with van der Waals surface area (Å²) in [6.07, 6.45) is -3.83. The van der Waals surface area contributed by atoms with E-state index in [9.17, 15) is 23.2 Å². The number of likely N-dealkylation sites (N-methyl/N-ethyl adjacent to an activating group) is 1. The summed E-state index contributed by atoms with van der Waals surface area (Å²) >= 11 is 6.36. The SMILES string of the molecule is CN(C(=O)C(F)F)[C@@H]1C[C@@H](c2nc3cccc(Cl)c3c(=O)n2-c2ccccc2)N(C(=O)OC(C)(C)C)C1. The van der Waals surface area contributed by atoms with Crippen molar-refractivity contribution < 1.29 is 23.1 Å². The Balaban J connectivity index is 1.92. The molecule has 0 N–H and O–H groups in total. The molecular formula is C26H27ClF2N4O4. The summed E-state index contributed by atoms with van der Waals surface area (Å²) < 4.78 is 33.4. The number of amides is 2. The molecule has 196 valence electrons. The van der Waals surface area contributed by atoms with Gasteiger partial charge in [-0.1, -0.05) is 35.9 Å². The molecule has 1 aliphatic heterocycles. The van der Waals surface area contributed by atoms with Gasteiger partial charge in [-0.05, 0) is 51.5 Å². The van der Waals surface area contributed by atoms with Crippen LogP contribution < -0.4 is 5.56 Å². The Morgan fingerprint density at radius 1 is 1.14 bits per heavy atom. The lowest BCUT2D eigenvalue weighted by Gasteiger charge is -2.29. The minimum absolute atomic E-state index is 0.0690. The Kier molecular flexibility index (Phi) is 7.23. The molecule has 1 fully saturated rings. The highest BCUT2D eigenvalue weighted by Crippen LogP contribution is 2.36. The first kappa shape index (κ1) is 26.5. The topological polar surface area (TPSA) is 84.7 Å². The molecule has 4 rings (SSSR count). The van der Waals surface area contributed by atoms with E-state index in [2.05, 4.69) is 0 Å². The summed E-state index contributed by atoms with van der Waals surface area (Å²) in [6, 6.07) is 12.0. The van der Waals surface area contributed by atoms with Crippen LogP contribution in [0.2, 0.25) is 5.02 Å². The lowest BCUT2D eigenvalue weighted by molar-refractivity contribution is -0.143. The molecule has 0 saturated carbocycles. The fraction of sp³-hybridized carbons (Fsp3) is 0.385. The molecule has 2 heterocycles. The summed E-state index contributed by atoms with van der Waals surface area (Å²) in [6.45, 7) is 5.04. The van der Waals surface area contributed by atoms with Crippen LogP contribution in [0.4, 0.5) is 13.6 Å². The van der Waals surface area contributed by atoms with Crippen molar-refractivity contribution in [1.82, 2.24) is 19.4 Å². The molecule has 0 radical (unpaired) electrons. The van der Waals surface area contributed by atoms with Crippen LogP contribution >= 0.6 is 11.6 Å². The maximum atomic E-state index is 13.8. The van der Waals surface area contributed by atoms with E-state index >= 15 is 0 Å². The number of para-hydroxylation sites is 1. The van der Waals surface area contributed by atoms with Gasteiger partial charge in [-0.2, -0.15) is 8.78 Å². The highest BCUT2D eigenvalue weighted by molar-refractivity contribution is 6.35. The Hall–Kier alpha value is -3.53. The minimum Gasteiger partial charge on any atom is -0.444 e. The molecule has 0 spiro atoms. The number of fused-ring (bicyclic) bond motifs is 1. The van der Waals surface area contributed by atoms with E-state index in [1.807, 2.05) is 0 Å². The fourth-order valence-corrected chi connectivity index (χ4v) is 4.70. The first-order valence-corrected chi connectivity index (χ1v) is 12.1. The summed E-state index contributed by atoms with van der Waals surface area (Å²) in [5.74, 6) is -1.15. The summed E-state index contributed by atoms with van der Waals surface area (Å²) in [5.41, 5.74) is -0.472. The summed E-state index contributed by atoms with van der Waals surface area (Å²) in [4.78, 5) is 46.2. The van der Waals surface area contributed by atoms with Crippen molar-refractivity contribution in [3.63, 3.8) is 0 Å². The molecule has 0 aliphatic carbocycles. The molecule has 2 atom stereocenters. The Bertz CT molecular complexity index is 1390. The molecule has 3 aromatic rings. The van der Waals surface area contributed by atoms with Crippen LogP contribution in [0.15, 0.2) is 53.3 Å². The lowest BCUT2D eigenvalue weighted by atomic mass is 10.1. The van der Waals surface area contributed by atoms with Gasteiger partial charge in [0.1, 0.15) is 11.4 Å². The fourth-order valence-electron chi connectivity index (χ4n) is 4.45. The molecule has 1 aromatic heterocycles. The van der Waals surface area contributed by atoms with Gasteiger partial charge in [-0.3, -0.25) is 19.1 Å². The molecule has 0 unspecified atom stereocenters. The second-order valence-electron chi connectivity index (χ2n) is 9.87. The Morgan fingerprint density at radius 3 is 2.43 bits per heavy atom. The number of hydrogen-bond acceptors (Lipinski definition) is 5. The van der Waals surface area contributed by atoms with Gasteiger partial charge < -0.3 is 9.64 Å². The molecule has 8 nitrogen and oxygen atoms in total. The molecule has 37 heavy (non-hydrogen) atoms. The quantitative estimate of drug-likeness (QED) is 0.481. The van der Waals surface area contributed by atoms with E-state index in [-0.39, 0.29) is 29.2 Å². The second-order valence-corrected chi connectivity index (χ2v) is 10.3. The molecule has 1 saturated heterocycles. The van der Waals surface area contributed by atoms with Gasteiger partial charge in [0.2, 0.25) is 0 Å². The smallest absolute Gasteiger partial charge is 0.410 e. The molecule has 2 aromatic carbocycles. The van der Waals surface area contributed by atoms with E-state index in [0.29, 0.717) is 11.2 Å². The van der Waals surface area contributed by atoms with Gasteiger partial charge in [-0.25, -0.2) is 9.78 Å². The third kappa shape index (κ3) is 5.29. The Labute approximate surface area is 217 Å². The van der Waals surface area contributed by atoms with Crippen molar-refractivity contribution in [1.29, 1.82) is 0 Å². The second kappa shape index (κ2) is 10.1. The number of aromatic nitrogens is 2. The number of rotatable bonds is 4. The monoisotopic (exact) mass is 532 g/mol. The van der Waals surface area contributed by atoms with Gasteiger partial charge in [-0.15, -0.1) is 0 Å². The van der Waals surface area contributed by atoms with Gasteiger partial charge >= 0.3 is 12.5 Å². The number of benzene rings is 2. The van der Waals surface area contributed by atoms with Gasteiger partial charge in [0.05, 0.1) is 33.7 Å². The van der Waals surface area contributed by atoms with Crippen molar-refractivity contribution >= 4 is 34.5 Å². The first-order valence-electron chi connectivity index (χ1n) is 11.7.